The molecule has 1 aliphatic carbocycles. The van der Waals surface area contributed by atoms with Crippen LogP contribution in [0.2, 0.25) is 0 Å². The summed E-state index contributed by atoms with van der Waals surface area (Å²) in [4.78, 5) is 21.6. The topological polar surface area (TPSA) is 34.1 Å². The molecular formula is C8H11NaO2. The summed E-state index contributed by atoms with van der Waals surface area (Å²) in [5.41, 5.74) is -0.108. The van der Waals surface area contributed by atoms with Crippen molar-refractivity contribution in [3.05, 3.63) is 6.42 Å². The summed E-state index contributed by atoms with van der Waals surface area (Å²) in [5, 5.41) is 0. The van der Waals surface area contributed by atoms with Gasteiger partial charge in [-0.2, -0.15) is 0 Å². The van der Waals surface area contributed by atoms with E-state index in [1.165, 1.54) is 6.42 Å². The molecule has 1 rings (SSSR count). The zero-order valence-electron chi connectivity index (χ0n) is 7.31. The monoisotopic (exact) mass is 162 g/mol. The molecule has 0 aromatic rings. The van der Waals surface area contributed by atoms with E-state index in [4.69, 9.17) is 0 Å². The van der Waals surface area contributed by atoms with Crippen LogP contribution >= 0.6 is 0 Å². The molecule has 0 aliphatic heterocycles. The van der Waals surface area contributed by atoms with Crippen molar-refractivity contribution in [1.82, 2.24) is 0 Å². The second kappa shape index (κ2) is 3.74. The van der Waals surface area contributed by atoms with E-state index < -0.39 is 0 Å². The summed E-state index contributed by atoms with van der Waals surface area (Å²) < 4.78 is 0. The maximum absolute atomic E-state index is 10.8. The molecule has 1 fully saturated rings. The molecule has 11 heavy (non-hydrogen) atoms. The molecule has 0 radical (unpaired) electrons. The van der Waals surface area contributed by atoms with Crippen molar-refractivity contribution in [1.29, 1.82) is 0 Å². The predicted molar refractivity (Wildman–Crippen MR) is 37.3 cm³/mol. The van der Waals surface area contributed by atoms with Gasteiger partial charge in [0.1, 0.15) is 0 Å². The smallest absolute Gasteiger partial charge is 0.334 e. The van der Waals surface area contributed by atoms with Crippen LogP contribution in [-0.4, -0.2) is 11.6 Å². The van der Waals surface area contributed by atoms with Gasteiger partial charge in [0.15, 0.2) is 0 Å². The van der Waals surface area contributed by atoms with Gasteiger partial charge in [-0.1, -0.05) is 13.8 Å². The fourth-order valence-electron chi connectivity index (χ4n) is 1.29. The average Bonchev–Trinajstić information content (AvgIpc) is 1.54. The Morgan fingerprint density at radius 2 is 1.55 bits per heavy atom. The minimum atomic E-state index is -0.108. The number of hydrogen-bond acceptors (Lipinski definition) is 2. The number of carbonyl (C=O) groups is 2. The molecular weight excluding hydrogens is 151 g/mol. The summed E-state index contributed by atoms with van der Waals surface area (Å²) in [6.07, 6.45) is 2.24. The Balaban J connectivity index is 0.000001000. The van der Waals surface area contributed by atoms with E-state index in [2.05, 4.69) is 0 Å². The Morgan fingerprint density at radius 3 is 1.82 bits per heavy atom. The first-order valence-corrected chi connectivity index (χ1v) is 3.40. The van der Waals surface area contributed by atoms with Crippen molar-refractivity contribution < 1.29 is 39.1 Å². The van der Waals surface area contributed by atoms with Crippen LogP contribution in [0.1, 0.15) is 26.7 Å². The molecule has 0 aromatic heterocycles. The van der Waals surface area contributed by atoms with Crippen LogP contribution in [0.5, 0.6) is 0 Å². The molecule has 0 aromatic carbocycles. The van der Waals surface area contributed by atoms with E-state index in [1.54, 1.807) is 0 Å². The van der Waals surface area contributed by atoms with Crippen LogP contribution in [0.15, 0.2) is 0 Å². The SMILES string of the molecule is CC1(C)CC(=O)[CH-]C(=O)C1.[Na+]. The molecule has 0 unspecified atom stereocenters. The molecule has 0 N–H and O–H groups in total. The zero-order valence-corrected chi connectivity index (χ0v) is 9.31. The summed E-state index contributed by atoms with van der Waals surface area (Å²) in [7, 11) is 0. The van der Waals surface area contributed by atoms with Gasteiger partial charge in [0.2, 0.25) is 0 Å². The van der Waals surface area contributed by atoms with E-state index >= 15 is 0 Å². The summed E-state index contributed by atoms with van der Waals surface area (Å²) in [6.45, 7) is 3.88. The van der Waals surface area contributed by atoms with Crippen molar-refractivity contribution in [2.45, 2.75) is 26.7 Å². The quantitative estimate of drug-likeness (QED) is 0.309. The van der Waals surface area contributed by atoms with Crippen LogP contribution in [0.3, 0.4) is 0 Å². The largest absolute Gasteiger partial charge is 1.00 e. The second-order valence-corrected chi connectivity index (χ2v) is 3.59. The van der Waals surface area contributed by atoms with Crippen LogP contribution in [0.25, 0.3) is 0 Å². The van der Waals surface area contributed by atoms with Gasteiger partial charge < -0.3 is 9.59 Å². The van der Waals surface area contributed by atoms with Crippen molar-refractivity contribution in [2.75, 3.05) is 0 Å². The van der Waals surface area contributed by atoms with E-state index in [1.807, 2.05) is 13.8 Å². The molecule has 3 heteroatoms. The van der Waals surface area contributed by atoms with Crippen molar-refractivity contribution in [3.63, 3.8) is 0 Å². The van der Waals surface area contributed by atoms with E-state index in [0.717, 1.165) is 0 Å². The summed E-state index contributed by atoms with van der Waals surface area (Å²) in [5.74, 6) is -0.0532. The van der Waals surface area contributed by atoms with Crippen molar-refractivity contribution in [3.8, 4) is 0 Å². The third-order valence-corrected chi connectivity index (χ3v) is 1.63. The van der Waals surface area contributed by atoms with Crippen molar-refractivity contribution >= 4 is 11.6 Å². The number of ketones is 2. The summed E-state index contributed by atoms with van der Waals surface area (Å²) >= 11 is 0. The van der Waals surface area contributed by atoms with Crippen LogP contribution < -0.4 is 29.6 Å². The standard InChI is InChI=1S/C8H11O2.Na/c1-8(2)4-6(9)3-7(10)5-8;/h3H,4-5H2,1-2H3;/q-1;+1. The van der Waals surface area contributed by atoms with Gasteiger partial charge in [0, 0.05) is 11.6 Å². The van der Waals surface area contributed by atoms with Gasteiger partial charge in [-0.25, -0.2) is 0 Å². The molecule has 1 saturated carbocycles. The number of Topliss-reactive ketones (excluding diaryl/α,β-unsaturated/α-hetero) is 2. The number of carbonyl (C=O) groups excluding carboxylic acids is 2. The first-order valence-electron chi connectivity index (χ1n) is 3.40. The third-order valence-electron chi connectivity index (χ3n) is 1.63. The fraction of sp³-hybridized carbons (Fsp3) is 0.625. The van der Waals surface area contributed by atoms with Gasteiger partial charge in [-0.05, 0) is 18.3 Å². The number of hydrogen-bond donors (Lipinski definition) is 0. The Hall–Kier alpha value is 0.210. The van der Waals surface area contributed by atoms with E-state index in [-0.39, 0.29) is 46.5 Å². The Labute approximate surface area is 89.0 Å². The minimum Gasteiger partial charge on any atom is -0.334 e. The van der Waals surface area contributed by atoms with E-state index in [9.17, 15) is 9.59 Å². The first-order chi connectivity index (χ1) is 4.49. The van der Waals surface area contributed by atoms with Crippen LogP contribution in [0, 0.1) is 11.8 Å². The van der Waals surface area contributed by atoms with Gasteiger partial charge in [0.05, 0.1) is 0 Å². The van der Waals surface area contributed by atoms with Gasteiger partial charge in [-0.15, -0.1) is 0 Å². The molecule has 2 nitrogen and oxygen atoms in total. The molecule has 0 bridgehead atoms. The maximum Gasteiger partial charge on any atom is 1.00 e. The Morgan fingerprint density at radius 1 is 1.18 bits per heavy atom. The molecule has 56 valence electrons. The Kier molecular flexibility index (Phi) is 3.82. The fourth-order valence-corrected chi connectivity index (χ4v) is 1.29. The molecule has 0 amide bonds. The first kappa shape index (κ1) is 11.2. The van der Waals surface area contributed by atoms with Gasteiger partial charge in [-0.3, -0.25) is 6.42 Å². The second-order valence-electron chi connectivity index (χ2n) is 3.59. The number of rotatable bonds is 0. The minimum absolute atomic E-state index is 0. The third kappa shape index (κ3) is 3.41. The van der Waals surface area contributed by atoms with Crippen LogP contribution in [0.4, 0.5) is 0 Å². The van der Waals surface area contributed by atoms with Gasteiger partial charge in [0.25, 0.3) is 0 Å². The molecule has 0 spiro atoms. The average molecular weight is 162 g/mol. The summed E-state index contributed by atoms with van der Waals surface area (Å²) in [6, 6.07) is 0. The normalized spacial score (nSPS) is 22.0. The predicted octanol–water partition coefficient (Wildman–Crippen LogP) is -1.85. The maximum atomic E-state index is 10.8. The molecule has 0 heterocycles. The molecule has 0 atom stereocenters. The van der Waals surface area contributed by atoms with Crippen molar-refractivity contribution in [2.24, 2.45) is 5.41 Å². The zero-order chi connectivity index (χ0) is 7.78. The molecule has 1 aliphatic rings. The van der Waals surface area contributed by atoms with Crippen LogP contribution in [-0.2, 0) is 9.59 Å². The van der Waals surface area contributed by atoms with E-state index in [0.29, 0.717) is 12.8 Å². The van der Waals surface area contributed by atoms with Gasteiger partial charge >= 0.3 is 29.6 Å². The Bertz CT molecular complexity index is 167. The molecule has 0 saturated heterocycles.